The molecule has 0 bridgehead atoms. The smallest absolute Gasteiger partial charge is 0.120 e. The highest BCUT2D eigenvalue weighted by Gasteiger charge is 2.04. The van der Waals surface area contributed by atoms with Crippen LogP contribution in [0.25, 0.3) is 0 Å². The number of carbonyl (C=O) groups is 1. The van der Waals surface area contributed by atoms with Crippen LogP contribution in [0.3, 0.4) is 0 Å². The number of benzene rings is 1. The Morgan fingerprint density at radius 1 is 1.27 bits per heavy atom. The van der Waals surface area contributed by atoms with Gasteiger partial charge in [0.05, 0.1) is 0 Å². The molecule has 0 saturated carbocycles. The Morgan fingerprint density at radius 2 is 2.00 bits per heavy atom. The monoisotopic (exact) mass is 200 g/mol. The Bertz CT molecular complexity index is 321. The van der Waals surface area contributed by atoms with Gasteiger partial charge in [0.25, 0.3) is 0 Å². The quantitative estimate of drug-likeness (QED) is 0.510. The summed E-state index contributed by atoms with van der Waals surface area (Å²) in [4.78, 5) is 10.2. The van der Waals surface area contributed by atoms with Crippen molar-refractivity contribution < 1.29 is 4.79 Å². The Morgan fingerprint density at radius 3 is 2.60 bits per heavy atom. The highest BCUT2D eigenvalue weighted by Crippen LogP contribution is 2.13. The summed E-state index contributed by atoms with van der Waals surface area (Å²) in [6.07, 6.45) is 9.70. The molecule has 1 unspecified atom stereocenters. The average Bonchev–Trinajstić information content (AvgIpc) is 2.31. The summed E-state index contributed by atoms with van der Waals surface area (Å²) in [6.45, 7) is 0. The molecular formula is C14H16O. The van der Waals surface area contributed by atoms with E-state index in [0.29, 0.717) is 6.42 Å². The summed E-state index contributed by atoms with van der Waals surface area (Å²) >= 11 is 0. The van der Waals surface area contributed by atoms with Gasteiger partial charge in [0.1, 0.15) is 6.29 Å². The maximum atomic E-state index is 10.2. The highest BCUT2D eigenvalue weighted by atomic mass is 16.1. The van der Waals surface area contributed by atoms with Gasteiger partial charge >= 0.3 is 0 Å². The van der Waals surface area contributed by atoms with Gasteiger partial charge in [-0.3, -0.25) is 0 Å². The molecule has 0 N–H and O–H groups in total. The number of aldehydes is 1. The van der Waals surface area contributed by atoms with Gasteiger partial charge in [-0.15, -0.1) is 12.3 Å². The van der Waals surface area contributed by atoms with Crippen LogP contribution in [-0.4, -0.2) is 6.29 Å². The fraction of sp³-hybridized carbons (Fsp3) is 0.357. The van der Waals surface area contributed by atoms with Gasteiger partial charge in [0.2, 0.25) is 0 Å². The summed E-state index contributed by atoms with van der Waals surface area (Å²) in [7, 11) is 0. The molecule has 0 saturated heterocycles. The molecule has 0 amide bonds. The van der Waals surface area contributed by atoms with Crippen LogP contribution in [0.15, 0.2) is 30.3 Å². The normalized spacial score (nSPS) is 11.7. The third-order valence-corrected chi connectivity index (χ3v) is 2.49. The van der Waals surface area contributed by atoms with E-state index in [9.17, 15) is 4.79 Å². The minimum atomic E-state index is 0.232. The van der Waals surface area contributed by atoms with Crippen molar-refractivity contribution >= 4 is 6.29 Å². The molecule has 0 heterocycles. The van der Waals surface area contributed by atoms with Crippen LogP contribution < -0.4 is 0 Å². The fourth-order valence-electron chi connectivity index (χ4n) is 1.57. The summed E-state index contributed by atoms with van der Waals surface area (Å²) in [5, 5.41) is 0. The molecule has 0 fully saturated rings. The van der Waals surface area contributed by atoms with E-state index in [1.807, 2.05) is 18.2 Å². The third kappa shape index (κ3) is 4.46. The van der Waals surface area contributed by atoms with Crippen molar-refractivity contribution in [1.29, 1.82) is 0 Å². The second-order valence-electron chi connectivity index (χ2n) is 3.63. The molecule has 1 nitrogen and oxygen atoms in total. The SMILES string of the molecule is C#CC(CCC=O)CCc1ccccc1. The number of carbonyl (C=O) groups excluding carboxylic acids is 1. The van der Waals surface area contributed by atoms with E-state index in [4.69, 9.17) is 6.42 Å². The first-order chi connectivity index (χ1) is 7.36. The molecule has 0 radical (unpaired) electrons. The van der Waals surface area contributed by atoms with Crippen molar-refractivity contribution in [2.75, 3.05) is 0 Å². The van der Waals surface area contributed by atoms with E-state index in [2.05, 4.69) is 18.1 Å². The molecular weight excluding hydrogens is 184 g/mol. The van der Waals surface area contributed by atoms with Crippen LogP contribution in [-0.2, 0) is 11.2 Å². The Hall–Kier alpha value is -1.55. The Kier molecular flexibility index (Phi) is 5.25. The van der Waals surface area contributed by atoms with Crippen LogP contribution in [0.1, 0.15) is 24.8 Å². The van der Waals surface area contributed by atoms with Crippen molar-refractivity contribution in [3.8, 4) is 12.3 Å². The van der Waals surface area contributed by atoms with Gasteiger partial charge in [-0.25, -0.2) is 0 Å². The van der Waals surface area contributed by atoms with Gasteiger partial charge in [-0.1, -0.05) is 30.3 Å². The van der Waals surface area contributed by atoms with Gasteiger partial charge in [0.15, 0.2) is 0 Å². The summed E-state index contributed by atoms with van der Waals surface area (Å²) in [5.74, 6) is 2.98. The predicted octanol–water partition coefficient (Wildman–Crippen LogP) is 2.85. The predicted molar refractivity (Wildman–Crippen MR) is 62.4 cm³/mol. The van der Waals surface area contributed by atoms with Crippen LogP contribution in [0.2, 0.25) is 0 Å². The maximum absolute atomic E-state index is 10.2. The molecule has 1 aromatic carbocycles. The topological polar surface area (TPSA) is 17.1 Å². The first kappa shape index (κ1) is 11.5. The molecule has 1 atom stereocenters. The average molecular weight is 200 g/mol. The van der Waals surface area contributed by atoms with Crippen molar-refractivity contribution in [2.45, 2.75) is 25.7 Å². The van der Waals surface area contributed by atoms with Crippen LogP contribution in [0.5, 0.6) is 0 Å². The molecule has 15 heavy (non-hydrogen) atoms. The summed E-state index contributed by atoms with van der Waals surface area (Å²) in [6, 6.07) is 10.3. The Balaban J connectivity index is 2.35. The molecule has 78 valence electrons. The number of hydrogen-bond acceptors (Lipinski definition) is 1. The van der Waals surface area contributed by atoms with E-state index in [1.54, 1.807) is 0 Å². The molecule has 1 rings (SSSR count). The number of rotatable bonds is 6. The van der Waals surface area contributed by atoms with E-state index in [1.165, 1.54) is 5.56 Å². The van der Waals surface area contributed by atoms with Gasteiger partial charge in [-0.05, 0) is 24.8 Å². The summed E-state index contributed by atoms with van der Waals surface area (Å²) in [5.41, 5.74) is 1.31. The largest absolute Gasteiger partial charge is 0.303 e. The van der Waals surface area contributed by atoms with Crippen molar-refractivity contribution in [1.82, 2.24) is 0 Å². The second kappa shape index (κ2) is 6.84. The minimum Gasteiger partial charge on any atom is -0.303 e. The van der Waals surface area contributed by atoms with Crippen LogP contribution in [0, 0.1) is 18.3 Å². The van der Waals surface area contributed by atoms with Crippen molar-refractivity contribution in [3.63, 3.8) is 0 Å². The molecule has 0 aliphatic carbocycles. The zero-order valence-corrected chi connectivity index (χ0v) is 8.86. The van der Waals surface area contributed by atoms with Crippen LogP contribution in [0.4, 0.5) is 0 Å². The molecule has 0 aliphatic heterocycles. The lowest BCUT2D eigenvalue weighted by Gasteiger charge is -2.08. The maximum Gasteiger partial charge on any atom is 0.120 e. The first-order valence-corrected chi connectivity index (χ1v) is 5.30. The fourth-order valence-corrected chi connectivity index (χ4v) is 1.57. The second-order valence-corrected chi connectivity index (χ2v) is 3.63. The number of aryl methyl sites for hydroxylation is 1. The highest BCUT2D eigenvalue weighted by molar-refractivity contribution is 5.49. The van der Waals surface area contributed by atoms with E-state index in [0.717, 1.165) is 25.5 Å². The lowest BCUT2D eigenvalue weighted by molar-refractivity contribution is -0.108. The molecule has 0 aromatic heterocycles. The van der Waals surface area contributed by atoms with Crippen molar-refractivity contribution in [2.24, 2.45) is 5.92 Å². The van der Waals surface area contributed by atoms with Gasteiger partial charge < -0.3 is 4.79 Å². The van der Waals surface area contributed by atoms with E-state index in [-0.39, 0.29) is 5.92 Å². The van der Waals surface area contributed by atoms with E-state index < -0.39 is 0 Å². The minimum absolute atomic E-state index is 0.232. The molecule has 0 spiro atoms. The van der Waals surface area contributed by atoms with Crippen LogP contribution >= 0.6 is 0 Å². The number of hydrogen-bond donors (Lipinski definition) is 0. The summed E-state index contributed by atoms with van der Waals surface area (Å²) < 4.78 is 0. The zero-order chi connectivity index (χ0) is 10.9. The molecule has 1 heteroatoms. The van der Waals surface area contributed by atoms with Crippen molar-refractivity contribution in [3.05, 3.63) is 35.9 Å². The lowest BCUT2D eigenvalue weighted by Crippen LogP contribution is -2.00. The Labute approximate surface area is 91.5 Å². The standard InChI is InChI=1S/C14H16O/c1-2-13(9-6-12-15)10-11-14-7-4-3-5-8-14/h1,3-5,7-8,12-13H,6,9-11H2. The van der Waals surface area contributed by atoms with Gasteiger partial charge in [0, 0.05) is 12.3 Å². The lowest BCUT2D eigenvalue weighted by atomic mass is 9.96. The molecule has 1 aromatic rings. The zero-order valence-electron chi connectivity index (χ0n) is 8.86. The number of terminal acetylenes is 1. The third-order valence-electron chi connectivity index (χ3n) is 2.49. The first-order valence-electron chi connectivity index (χ1n) is 5.30. The van der Waals surface area contributed by atoms with E-state index >= 15 is 0 Å². The molecule has 0 aliphatic rings. The van der Waals surface area contributed by atoms with Gasteiger partial charge in [-0.2, -0.15) is 0 Å².